The van der Waals surface area contributed by atoms with Crippen LogP contribution >= 0.6 is 0 Å². The summed E-state index contributed by atoms with van der Waals surface area (Å²) in [5.41, 5.74) is 4.03. The molecule has 0 radical (unpaired) electrons. The van der Waals surface area contributed by atoms with Gasteiger partial charge in [0, 0.05) is 49.7 Å². The molecule has 0 amide bonds. The Hall–Kier alpha value is -1.88. The zero-order valence-electron chi connectivity index (χ0n) is 13.7. The molecule has 1 fully saturated rings. The number of nitrogens with zero attached hydrogens (tertiary/aromatic N) is 3. The van der Waals surface area contributed by atoms with E-state index in [1.807, 2.05) is 28.6 Å². The van der Waals surface area contributed by atoms with E-state index in [9.17, 15) is 4.79 Å². The zero-order chi connectivity index (χ0) is 15.8. The highest BCUT2D eigenvalue weighted by Gasteiger charge is 2.26. The van der Waals surface area contributed by atoms with Gasteiger partial charge in [-0.25, -0.2) is 0 Å². The molecule has 0 bridgehead atoms. The van der Waals surface area contributed by atoms with Crippen LogP contribution in [0.3, 0.4) is 0 Å². The summed E-state index contributed by atoms with van der Waals surface area (Å²) in [5, 5.41) is 7.85. The van der Waals surface area contributed by atoms with Gasteiger partial charge in [0.15, 0.2) is 0 Å². The minimum Gasteiger partial charge on any atom is -0.312 e. The number of aromatic nitrogens is 3. The molecule has 23 heavy (non-hydrogen) atoms. The second-order valence-corrected chi connectivity index (χ2v) is 7.04. The second kappa shape index (κ2) is 5.96. The standard InChI is InChI=1S/C18H24N4O/c1-21-11-14(10-20-21)9-19-16-5-6-17-15(8-16)4-7-18(23)22(17)12-13-2-3-13/h4,7,10-11,13,16,19H,2-3,5-6,8-9,12H2,1H3/t16-/m1/s1. The molecule has 0 unspecified atom stereocenters. The van der Waals surface area contributed by atoms with E-state index in [0.29, 0.717) is 6.04 Å². The van der Waals surface area contributed by atoms with Crippen molar-refractivity contribution < 1.29 is 0 Å². The fraction of sp³-hybridized carbons (Fsp3) is 0.556. The van der Waals surface area contributed by atoms with Gasteiger partial charge in [0.2, 0.25) is 0 Å². The molecule has 5 heteroatoms. The average molecular weight is 312 g/mol. The maximum atomic E-state index is 12.2. The van der Waals surface area contributed by atoms with Crippen molar-refractivity contribution in [3.63, 3.8) is 0 Å². The topological polar surface area (TPSA) is 51.9 Å². The van der Waals surface area contributed by atoms with Crippen molar-refractivity contribution in [1.82, 2.24) is 19.7 Å². The number of aryl methyl sites for hydroxylation is 1. The van der Waals surface area contributed by atoms with Crippen LogP contribution in [-0.4, -0.2) is 20.4 Å². The Bertz CT molecular complexity index is 757. The van der Waals surface area contributed by atoms with E-state index in [0.717, 1.165) is 38.3 Å². The van der Waals surface area contributed by atoms with Gasteiger partial charge in [0.1, 0.15) is 0 Å². The van der Waals surface area contributed by atoms with Crippen LogP contribution in [0.2, 0.25) is 0 Å². The van der Waals surface area contributed by atoms with E-state index in [1.165, 1.54) is 29.7 Å². The molecule has 2 aliphatic rings. The number of rotatable bonds is 5. The summed E-state index contributed by atoms with van der Waals surface area (Å²) < 4.78 is 3.88. The smallest absolute Gasteiger partial charge is 0.250 e. The first-order valence-electron chi connectivity index (χ1n) is 8.61. The van der Waals surface area contributed by atoms with E-state index in [4.69, 9.17) is 0 Å². The quantitative estimate of drug-likeness (QED) is 0.913. The van der Waals surface area contributed by atoms with Crippen molar-refractivity contribution in [3.8, 4) is 0 Å². The van der Waals surface area contributed by atoms with Crippen molar-refractivity contribution in [2.75, 3.05) is 0 Å². The number of nitrogens with one attached hydrogen (secondary N) is 1. The van der Waals surface area contributed by atoms with E-state index in [1.54, 1.807) is 6.07 Å². The predicted octanol–water partition coefficient (Wildman–Crippen LogP) is 1.64. The van der Waals surface area contributed by atoms with Crippen molar-refractivity contribution in [2.45, 2.75) is 51.2 Å². The molecule has 2 aromatic heterocycles. The summed E-state index contributed by atoms with van der Waals surface area (Å²) in [6, 6.07) is 4.28. The molecule has 2 aromatic rings. The van der Waals surface area contributed by atoms with Crippen LogP contribution in [0.15, 0.2) is 29.3 Å². The maximum Gasteiger partial charge on any atom is 0.250 e. The largest absolute Gasteiger partial charge is 0.312 e. The zero-order valence-corrected chi connectivity index (χ0v) is 13.7. The fourth-order valence-corrected chi connectivity index (χ4v) is 3.58. The molecular formula is C18H24N4O. The molecule has 0 aliphatic heterocycles. The van der Waals surface area contributed by atoms with Crippen LogP contribution in [0.1, 0.15) is 36.1 Å². The van der Waals surface area contributed by atoms with E-state index in [-0.39, 0.29) is 5.56 Å². The Labute approximate surface area is 136 Å². The number of fused-ring (bicyclic) bond motifs is 1. The highest BCUT2D eigenvalue weighted by molar-refractivity contribution is 5.26. The molecule has 1 atom stereocenters. The van der Waals surface area contributed by atoms with Crippen LogP contribution in [-0.2, 0) is 33.0 Å². The second-order valence-electron chi connectivity index (χ2n) is 7.04. The Morgan fingerprint density at radius 1 is 1.30 bits per heavy atom. The molecule has 122 valence electrons. The van der Waals surface area contributed by atoms with Gasteiger partial charge in [-0.05, 0) is 43.6 Å². The predicted molar refractivity (Wildman–Crippen MR) is 89.3 cm³/mol. The van der Waals surface area contributed by atoms with Crippen molar-refractivity contribution in [3.05, 3.63) is 51.7 Å². The number of pyridine rings is 1. The fourth-order valence-electron chi connectivity index (χ4n) is 3.58. The third-order valence-electron chi connectivity index (χ3n) is 5.08. The minimum absolute atomic E-state index is 0.178. The lowest BCUT2D eigenvalue weighted by Crippen LogP contribution is -2.37. The third-order valence-corrected chi connectivity index (χ3v) is 5.08. The molecular weight excluding hydrogens is 288 g/mol. The molecule has 0 saturated heterocycles. The Morgan fingerprint density at radius 2 is 2.17 bits per heavy atom. The van der Waals surface area contributed by atoms with Gasteiger partial charge in [-0.15, -0.1) is 0 Å². The van der Waals surface area contributed by atoms with Crippen LogP contribution < -0.4 is 10.9 Å². The van der Waals surface area contributed by atoms with Crippen molar-refractivity contribution in [2.24, 2.45) is 13.0 Å². The molecule has 0 spiro atoms. The summed E-state index contributed by atoms with van der Waals surface area (Å²) in [4.78, 5) is 12.2. The SMILES string of the molecule is Cn1cc(CN[C@@H]2CCc3c(ccc(=O)n3CC3CC3)C2)cn1. The van der Waals surface area contributed by atoms with Gasteiger partial charge in [-0.2, -0.15) is 5.10 Å². The summed E-state index contributed by atoms with van der Waals surface area (Å²) in [6.07, 6.45) is 9.65. The van der Waals surface area contributed by atoms with Gasteiger partial charge in [0.25, 0.3) is 5.56 Å². The molecule has 1 saturated carbocycles. The third kappa shape index (κ3) is 3.24. The Kier molecular flexibility index (Phi) is 3.81. The van der Waals surface area contributed by atoms with Crippen LogP contribution in [0.5, 0.6) is 0 Å². The number of hydrogen-bond acceptors (Lipinski definition) is 3. The van der Waals surface area contributed by atoms with Gasteiger partial charge < -0.3 is 9.88 Å². The lowest BCUT2D eigenvalue weighted by molar-refractivity contribution is 0.436. The number of hydrogen-bond donors (Lipinski definition) is 1. The van der Waals surface area contributed by atoms with Crippen molar-refractivity contribution >= 4 is 0 Å². The van der Waals surface area contributed by atoms with E-state index >= 15 is 0 Å². The summed E-state index contributed by atoms with van der Waals surface area (Å²) in [7, 11) is 1.94. The lowest BCUT2D eigenvalue weighted by Gasteiger charge is -2.27. The Morgan fingerprint density at radius 3 is 2.91 bits per heavy atom. The van der Waals surface area contributed by atoms with Gasteiger partial charge >= 0.3 is 0 Å². The first-order valence-corrected chi connectivity index (χ1v) is 8.61. The summed E-state index contributed by atoms with van der Waals surface area (Å²) in [5.74, 6) is 0.737. The Balaban J connectivity index is 1.45. The summed E-state index contributed by atoms with van der Waals surface area (Å²) in [6.45, 7) is 1.78. The highest BCUT2D eigenvalue weighted by atomic mass is 16.1. The van der Waals surface area contributed by atoms with Crippen LogP contribution in [0, 0.1) is 5.92 Å². The first-order chi connectivity index (χ1) is 11.2. The van der Waals surface area contributed by atoms with E-state index in [2.05, 4.69) is 16.6 Å². The van der Waals surface area contributed by atoms with Crippen molar-refractivity contribution in [1.29, 1.82) is 0 Å². The lowest BCUT2D eigenvalue weighted by atomic mass is 9.91. The molecule has 1 N–H and O–H groups in total. The maximum absolute atomic E-state index is 12.2. The average Bonchev–Trinajstić information content (AvgIpc) is 3.28. The van der Waals surface area contributed by atoms with Gasteiger partial charge in [-0.1, -0.05) is 6.07 Å². The van der Waals surface area contributed by atoms with Gasteiger partial charge in [0.05, 0.1) is 6.20 Å². The first kappa shape index (κ1) is 14.7. The van der Waals surface area contributed by atoms with Crippen LogP contribution in [0.4, 0.5) is 0 Å². The summed E-state index contributed by atoms with van der Waals surface area (Å²) >= 11 is 0. The molecule has 5 nitrogen and oxygen atoms in total. The van der Waals surface area contributed by atoms with Crippen LogP contribution in [0.25, 0.3) is 0 Å². The van der Waals surface area contributed by atoms with Gasteiger partial charge in [-0.3, -0.25) is 9.48 Å². The van der Waals surface area contributed by atoms with E-state index < -0.39 is 0 Å². The highest BCUT2D eigenvalue weighted by Crippen LogP contribution is 2.31. The molecule has 0 aromatic carbocycles. The normalized spacial score (nSPS) is 20.5. The molecule has 4 rings (SSSR count). The molecule has 2 heterocycles. The monoisotopic (exact) mass is 312 g/mol. The minimum atomic E-state index is 0.178. The molecule has 2 aliphatic carbocycles.